The van der Waals surface area contributed by atoms with Crippen molar-refractivity contribution in [3.05, 3.63) is 45.0 Å². The molecule has 1 aromatic carbocycles. The van der Waals surface area contributed by atoms with Gasteiger partial charge in [0, 0.05) is 16.4 Å². The Kier molecular flexibility index (Phi) is 3.71. The SMILES string of the molecule is O=[N+]([O-])CCCc1ccc(Cl)cc1. The van der Waals surface area contributed by atoms with E-state index in [0.717, 1.165) is 12.0 Å². The standard InChI is InChI=1S/C9H10ClNO2/c10-9-5-3-8(4-6-9)2-1-7-11(12)13/h3-6H,1-2,7H2. The molecule has 13 heavy (non-hydrogen) atoms. The lowest BCUT2D eigenvalue weighted by molar-refractivity contribution is -0.480. The maximum atomic E-state index is 10.0. The van der Waals surface area contributed by atoms with Gasteiger partial charge in [0.05, 0.1) is 0 Å². The van der Waals surface area contributed by atoms with Crippen molar-refractivity contribution in [2.45, 2.75) is 12.8 Å². The molecule has 0 aliphatic heterocycles. The zero-order valence-corrected chi connectivity index (χ0v) is 7.83. The van der Waals surface area contributed by atoms with E-state index in [2.05, 4.69) is 0 Å². The molecule has 0 atom stereocenters. The van der Waals surface area contributed by atoms with E-state index in [1.807, 2.05) is 12.1 Å². The van der Waals surface area contributed by atoms with Crippen LogP contribution in [0.15, 0.2) is 24.3 Å². The zero-order valence-electron chi connectivity index (χ0n) is 7.07. The molecule has 0 saturated heterocycles. The quantitative estimate of drug-likeness (QED) is 0.553. The van der Waals surface area contributed by atoms with Crippen molar-refractivity contribution in [1.82, 2.24) is 0 Å². The van der Waals surface area contributed by atoms with Gasteiger partial charge in [-0.2, -0.15) is 0 Å². The van der Waals surface area contributed by atoms with Crippen molar-refractivity contribution in [1.29, 1.82) is 0 Å². The second kappa shape index (κ2) is 4.82. The first-order valence-electron chi connectivity index (χ1n) is 4.05. The summed E-state index contributed by atoms with van der Waals surface area (Å²) >= 11 is 5.69. The lowest BCUT2D eigenvalue weighted by Gasteiger charge is -1.98. The zero-order chi connectivity index (χ0) is 9.68. The number of hydrogen-bond acceptors (Lipinski definition) is 2. The normalized spacial score (nSPS) is 9.92. The number of hydrogen-bond donors (Lipinski definition) is 0. The molecule has 0 spiro atoms. The predicted molar refractivity (Wildman–Crippen MR) is 51.6 cm³/mol. The highest BCUT2D eigenvalue weighted by Crippen LogP contribution is 2.10. The molecule has 0 N–H and O–H groups in total. The number of nitrogens with zero attached hydrogens (tertiary/aromatic N) is 1. The molecule has 1 aromatic rings. The molecule has 0 fully saturated rings. The Morgan fingerprint density at radius 2 is 1.92 bits per heavy atom. The summed E-state index contributed by atoms with van der Waals surface area (Å²) in [5, 5.41) is 10.7. The first kappa shape index (κ1) is 9.99. The van der Waals surface area contributed by atoms with Crippen LogP contribution in [0.3, 0.4) is 0 Å². The molecular weight excluding hydrogens is 190 g/mol. The second-order valence-electron chi connectivity index (χ2n) is 2.79. The van der Waals surface area contributed by atoms with Gasteiger partial charge >= 0.3 is 0 Å². The van der Waals surface area contributed by atoms with E-state index in [0.29, 0.717) is 11.4 Å². The van der Waals surface area contributed by atoms with Gasteiger partial charge in [0.2, 0.25) is 6.54 Å². The molecule has 0 heterocycles. The van der Waals surface area contributed by atoms with Gasteiger partial charge in [-0.1, -0.05) is 23.7 Å². The van der Waals surface area contributed by atoms with Crippen molar-refractivity contribution in [2.75, 3.05) is 6.54 Å². The van der Waals surface area contributed by atoms with Gasteiger partial charge in [-0.3, -0.25) is 10.1 Å². The summed E-state index contributed by atoms with van der Waals surface area (Å²) in [7, 11) is 0. The van der Waals surface area contributed by atoms with E-state index in [4.69, 9.17) is 11.6 Å². The Hall–Kier alpha value is -1.09. The highest BCUT2D eigenvalue weighted by atomic mass is 35.5. The Morgan fingerprint density at radius 1 is 1.31 bits per heavy atom. The van der Waals surface area contributed by atoms with Gasteiger partial charge < -0.3 is 0 Å². The number of rotatable bonds is 4. The molecule has 0 saturated carbocycles. The van der Waals surface area contributed by atoms with Crippen molar-refractivity contribution in [3.8, 4) is 0 Å². The van der Waals surface area contributed by atoms with Crippen molar-refractivity contribution >= 4 is 11.6 Å². The summed E-state index contributed by atoms with van der Waals surface area (Å²) in [6.07, 6.45) is 1.31. The molecule has 0 bridgehead atoms. The van der Waals surface area contributed by atoms with Crippen LogP contribution in [0.4, 0.5) is 0 Å². The van der Waals surface area contributed by atoms with Gasteiger partial charge in [-0.15, -0.1) is 0 Å². The maximum Gasteiger partial charge on any atom is 0.204 e. The lowest BCUT2D eigenvalue weighted by Crippen LogP contribution is -2.01. The Bertz CT molecular complexity index is 284. The first-order chi connectivity index (χ1) is 6.18. The van der Waals surface area contributed by atoms with Crippen LogP contribution < -0.4 is 0 Å². The third-order valence-corrected chi connectivity index (χ3v) is 1.97. The van der Waals surface area contributed by atoms with Crippen LogP contribution in [0.1, 0.15) is 12.0 Å². The minimum absolute atomic E-state index is 0.0304. The van der Waals surface area contributed by atoms with Crippen LogP contribution in [-0.4, -0.2) is 11.5 Å². The van der Waals surface area contributed by atoms with E-state index in [1.165, 1.54) is 0 Å². The Labute approximate surface area is 81.5 Å². The van der Waals surface area contributed by atoms with E-state index in [1.54, 1.807) is 12.1 Å². The van der Waals surface area contributed by atoms with Gasteiger partial charge in [-0.25, -0.2) is 0 Å². The fraction of sp³-hybridized carbons (Fsp3) is 0.333. The molecule has 70 valence electrons. The first-order valence-corrected chi connectivity index (χ1v) is 4.42. The van der Waals surface area contributed by atoms with E-state index in [9.17, 15) is 10.1 Å². The van der Waals surface area contributed by atoms with E-state index in [-0.39, 0.29) is 11.5 Å². The fourth-order valence-corrected chi connectivity index (χ4v) is 1.19. The van der Waals surface area contributed by atoms with Crippen molar-refractivity contribution in [3.63, 3.8) is 0 Å². The molecule has 1 rings (SSSR count). The highest BCUT2D eigenvalue weighted by molar-refractivity contribution is 6.30. The van der Waals surface area contributed by atoms with E-state index >= 15 is 0 Å². The Morgan fingerprint density at radius 3 is 2.46 bits per heavy atom. The molecular formula is C9H10ClNO2. The molecule has 0 unspecified atom stereocenters. The topological polar surface area (TPSA) is 43.1 Å². The predicted octanol–water partition coefficient (Wildman–Crippen LogP) is 2.55. The minimum atomic E-state index is -0.296. The van der Waals surface area contributed by atoms with Crippen LogP contribution in [0.2, 0.25) is 5.02 Å². The average molecular weight is 200 g/mol. The summed E-state index contributed by atoms with van der Waals surface area (Å²) in [5.41, 5.74) is 1.09. The number of nitro groups is 1. The van der Waals surface area contributed by atoms with Crippen LogP contribution in [0.25, 0.3) is 0 Å². The van der Waals surface area contributed by atoms with Crippen LogP contribution in [-0.2, 0) is 6.42 Å². The number of benzene rings is 1. The largest absolute Gasteiger partial charge is 0.265 e. The molecule has 0 aromatic heterocycles. The lowest BCUT2D eigenvalue weighted by atomic mass is 10.1. The molecule has 3 nitrogen and oxygen atoms in total. The summed E-state index contributed by atoms with van der Waals surface area (Å²) in [4.78, 5) is 9.73. The summed E-state index contributed by atoms with van der Waals surface area (Å²) in [6, 6.07) is 7.37. The van der Waals surface area contributed by atoms with E-state index < -0.39 is 0 Å². The second-order valence-corrected chi connectivity index (χ2v) is 3.22. The molecule has 0 radical (unpaired) electrons. The highest BCUT2D eigenvalue weighted by Gasteiger charge is 1.98. The van der Waals surface area contributed by atoms with Crippen molar-refractivity contribution in [2.24, 2.45) is 0 Å². The molecule has 4 heteroatoms. The third kappa shape index (κ3) is 3.90. The summed E-state index contributed by atoms with van der Waals surface area (Å²) in [5.74, 6) is 0. The Balaban J connectivity index is 2.37. The molecule has 0 aliphatic carbocycles. The average Bonchev–Trinajstić information content (AvgIpc) is 2.08. The molecule has 0 aliphatic rings. The summed E-state index contributed by atoms with van der Waals surface area (Å²) < 4.78 is 0. The van der Waals surface area contributed by atoms with Gasteiger partial charge in [0.15, 0.2) is 0 Å². The maximum absolute atomic E-state index is 10.0. The van der Waals surface area contributed by atoms with Crippen molar-refractivity contribution < 1.29 is 4.92 Å². The smallest absolute Gasteiger partial charge is 0.204 e. The minimum Gasteiger partial charge on any atom is -0.265 e. The van der Waals surface area contributed by atoms with Gasteiger partial charge in [0.25, 0.3) is 0 Å². The van der Waals surface area contributed by atoms with Gasteiger partial charge in [0.1, 0.15) is 0 Å². The monoisotopic (exact) mass is 199 g/mol. The number of halogens is 1. The van der Waals surface area contributed by atoms with Crippen LogP contribution >= 0.6 is 11.6 Å². The summed E-state index contributed by atoms with van der Waals surface area (Å²) in [6.45, 7) is 0.0304. The molecule has 0 amide bonds. The fourth-order valence-electron chi connectivity index (χ4n) is 1.06. The third-order valence-electron chi connectivity index (χ3n) is 1.72. The van der Waals surface area contributed by atoms with Gasteiger partial charge in [-0.05, 0) is 24.1 Å². The number of aryl methyl sites for hydroxylation is 1. The van der Waals surface area contributed by atoms with Crippen LogP contribution in [0.5, 0.6) is 0 Å². The van der Waals surface area contributed by atoms with Crippen LogP contribution in [0, 0.1) is 10.1 Å².